The van der Waals surface area contributed by atoms with Crippen molar-refractivity contribution in [1.82, 2.24) is 0 Å². The molecule has 0 amide bonds. The summed E-state index contributed by atoms with van der Waals surface area (Å²) in [6, 6.07) is 0. The number of aliphatic carboxylic acids is 1. The van der Waals surface area contributed by atoms with E-state index in [0.717, 1.165) is 25.7 Å². The number of quaternary nitrogens is 1. The Labute approximate surface area is 151 Å². The van der Waals surface area contributed by atoms with Gasteiger partial charge in [-0.15, -0.1) is 0 Å². The lowest BCUT2D eigenvalue weighted by Crippen LogP contribution is -2.50. The van der Waals surface area contributed by atoms with Gasteiger partial charge in [-0.1, -0.05) is 38.7 Å². The summed E-state index contributed by atoms with van der Waals surface area (Å²) in [5.41, 5.74) is 0. The van der Waals surface area contributed by atoms with Crippen molar-refractivity contribution in [2.75, 3.05) is 27.4 Å². The Kier molecular flexibility index (Phi) is 3.85. The molecule has 0 spiro atoms. The Morgan fingerprint density at radius 3 is 2.50 bits per heavy atom. The number of carboxylic acids is 1. The fourth-order valence-corrected chi connectivity index (χ4v) is 1.76. The maximum absolute atomic E-state index is 12.5. The third-order valence-corrected chi connectivity index (χ3v) is 2.83. The fraction of sp³-hybridized carbons (Fsp3) is 0.765. The Balaban J connectivity index is 6.51. The number of carbonyl (C=O) groups is 2. The maximum Gasteiger partial charge on any atom is 0.166 e. The molecule has 0 radical (unpaired) electrons. The van der Waals surface area contributed by atoms with Gasteiger partial charge in [0.1, 0.15) is 12.6 Å². The molecule has 0 aliphatic heterocycles. The highest BCUT2D eigenvalue weighted by atomic mass is 16.4. The monoisotopic (exact) mass is 325 g/mol. The highest BCUT2D eigenvalue weighted by Gasteiger charge is 2.30. The van der Waals surface area contributed by atoms with Crippen LogP contribution in [0.2, 0.25) is 0 Å². The summed E-state index contributed by atoms with van der Waals surface area (Å²) in [6.45, 7) is -15.3. The van der Waals surface area contributed by atoms with Crippen LogP contribution in [0.1, 0.15) is 61.9 Å². The number of likely N-dealkylation sites (N-methyl/N-ethyl adjacent to an activating group) is 1. The van der Waals surface area contributed by atoms with Gasteiger partial charge in [0.2, 0.25) is 0 Å². The minimum Gasteiger partial charge on any atom is -0.549 e. The Morgan fingerprint density at radius 1 is 1.32 bits per heavy atom. The van der Waals surface area contributed by atoms with Crippen LogP contribution in [0, 0.1) is 5.92 Å². The van der Waals surface area contributed by atoms with Crippen molar-refractivity contribution in [3.05, 3.63) is 12.2 Å². The van der Waals surface area contributed by atoms with Crippen LogP contribution in [-0.4, -0.2) is 54.8 Å². The van der Waals surface area contributed by atoms with Crippen LogP contribution in [0.5, 0.6) is 0 Å². The van der Waals surface area contributed by atoms with E-state index < -0.39 is 55.7 Å². The standard InChI is InChI=1S/C17H31NO4/c1-5-6-7-8-9-10-11-12-14(19)16(17(21)22)15(20)13-18(2,3)4/h11-12,15-16,20H,5-10,13H2,1-4H3/i2D3,3D3,4D3,13D2,15D. The van der Waals surface area contributed by atoms with E-state index in [1.807, 2.05) is 6.92 Å². The van der Waals surface area contributed by atoms with Crippen molar-refractivity contribution in [3.63, 3.8) is 0 Å². The number of hydrogen-bond acceptors (Lipinski definition) is 4. The third-order valence-electron chi connectivity index (χ3n) is 2.83. The van der Waals surface area contributed by atoms with Crippen LogP contribution in [0.25, 0.3) is 0 Å². The van der Waals surface area contributed by atoms with E-state index in [-0.39, 0.29) is 0 Å². The highest BCUT2D eigenvalue weighted by molar-refractivity contribution is 6.04. The quantitative estimate of drug-likeness (QED) is 0.250. The molecular formula is C17H31NO4. The number of rotatable bonds is 12. The van der Waals surface area contributed by atoms with Gasteiger partial charge in [0.25, 0.3) is 0 Å². The van der Waals surface area contributed by atoms with Crippen molar-refractivity contribution in [1.29, 1.82) is 0 Å². The molecule has 0 fully saturated rings. The van der Waals surface area contributed by atoms with Crippen LogP contribution < -0.4 is 5.11 Å². The SMILES string of the molecule is [2H]C(O)(C(C(=O)[O-])C(=O)C=CCCCCCCC)C([2H])([2H])[N+](C([2H])([2H])[2H])(C([2H])([2H])[2H])C([2H])([2H])[2H]. The number of nitrogens with zero attached hydrogens (tertiary/aromatic N) is 1. The molecule has 5 heteroatoms. The topological polar surface area (TPSA) is 77.4 Å². The number of aliphatic hydroxyl groups is 1. The molecule has 0 saturated heterocycles. The minimum atomic E-state index is -4.57. The summed E-state index contributed by atoms with van der Waals surface area (Å²) >= 11 is 0. The molecule has 0 aromatic carbocycles. The normalized spacial score (nSPS) is 26.8. The minimum absolute atomic E-state index is 0.290. The summed E-state index contributed by atoms with van der Waals surface area (Å²) in [4.78, 5) is 24.2. The molecule has 5 nitrogen and oxygen atoms in total. The first kappa shape index (κ1) is 8.06. The van der Waals surface area contributed by atoms with E-state index in [1.54, 1.807) is 0 Å². The van der Waals surface area contributed by atoms with Gasteiger partial charge in [0.05, 0.1) is 49.3 Å². The van der Waals surface area contributed by atoms with Gasteiger partial charge in [0, 0.05) is 0 Å². The largest absolute Gasteiger partial charge is 0.549 e. The Hall–Kier alpha value is -1.20. The summed E-state index contributed by atoms with van der Waals surface area (Å²) in [5.74, 6) is -7.24. The Bertz CT molecular complexity index is 704. The zero-order valence-corrected chi connectivity index (χ0v) is 12.6. The summed E-state index contributed by atoms with van der Waals surface area (Å²) < 4.78 is 88.5. The molecule has 22 heavy (non-hydrogen) atoms. The first-order valence-corrected chi connectivity index (χ1v) is 7.08. The number of carbonyl (C=O) groups excluding carboxylic acids is 2. The molecule has 0 aliphatic carbocycles. The van der Waals surface area contributed by atoms with Gasteiger partial charge in [-0.2, -0.15) is 0 Å². The molecular weight excluding hydrogens is 282 g/mol. The molecule has 0 saturated carbocycles. The first-order valence-electron chi connectivity index (χ1n) is 13.1. The van der Waals surface area contributed by atoms with Gasteiger partial charge in [-0.3, -0.25) is 4.79 Å². The second-order valence-corrected chi connectivity index (χ2v) is 4.93. The predicted octanol–water partition coefficient (Wildman–Crippen LogP) is 0.905. The average molecular weight is 326 g/mol. The number of carboxylic acid groups (broad SMARTS) is 1. The van der Waals surface area contributed by atoms with E-state index in [2.05, 4.69) is 0 Å². The smallest absolute Gasteiger partial charge is 0.166 e. The van der Waals surface area contributed by atoms with E-state index in [0.29, 0.717) is 18.9 Å². The first-order chi connectivity index (χ1) is 15.1. The van der Waals surface area contributed by atoms with Crippen molar-refractivity contribution in [3.8, 4) is 0 Å². The van der Waals surface area contributed by atoms with Crippen molar-refractivity contribution in [2.24, 2.45) is 5.92 Å². The van der Waals surface area contributed by atoms with Crippen LogP contribution in [0.15, 0.2) is 12.2 Å². The summed E-state index contributed by atoms with van der Waals surface area (Å²) in [5, 5.41) is 22.3. The number of hydrogen-bond donors (Lipinski definition) is 1. The molecule has 0 aromatic heterocycles. The lowest BCUT2D eigenvalue weighted by molar-refractivity contribution is -0.873. The predicted molar refractivity (Wildman–Crippen MR) is 84.9 cm³/mol. The summed E-state index contributed by atoms with van der Waals surface area (Å²) in [6.07, 6.45) is 2.07. The van der Waals surface area contributed by atoms with E-state index in [4.69, 9.17) is 16.4 Å². The lowest BCUT2D eigenvalue weighted by atomic mass is 9.96. The van der Waals surface area contributed by atoms with Gasteiger partial charge >= 0.3 is 0 Å². The second-order valence-electron chi connectivity index (χ2n) is 4.93. The van der Waals surface area contributed by atoms with Gasteiger partial charge in [-0.05, 0) is 18.9 Å². The van der Waals surface area contributed by atoms with E-state index in [9.17, 15) is 19.8 Å². The molecule has 1 N–H and O–H groups in total. The van der Waals surface area contributed by atoms with Crippen molar-refractivity contribution >= 4 is 11.8 Å². The maximum atomic E-state index is 12.5. The van der Waals surface area contributed by atoms with Crippen LogP contribution >= 0.6 is 0 Å². The molecule has 2 atom stereocenters. The van der Waals surface area contributed by atoms with E-state index >= 15 is 0 Å². The molecule has 0 rings (SSSR count). The molecule has 2 unspecified atom stereocenters. The zero-order valence-electron chi connectivity index (χ0n) is 24.6. The van der Waals surface area contributed by atoms with Crippen molar-refractivity contribution < 1.29 is 40.7 Å². The number of ketones is 1. The molecule has 128 valence electrons. The molecule has 0 aromatic rings. The average Bonchev–Trinajstić information content (AvgIpc) is 2.56. The molecule has 0 heterocycles. The number of allylic oxidation sites excluding steroid dienone is 2. The van der Waals surface area contributed by atoms with E-state index in [1.165, 1.54) is 6.08 Å². The van der Waals surface area contributed by atoms with Crippen LogP contribution in [0.3, 0.4) is 0 Å². The lowest BCUT2D eigenvalue weighted by Gasteiger charge is -2.30. The molecule has 0 bridgehead atoms. The fourth-order valence-electron chi connectivity index (χ4n) is 1.76. The van der Waals surface area contributed by atoms with Crippen LogP contribution in [-0.2, 0) is 9.59 Å². The highest BCUT2D eigenvalue weighted by Crippen LogP contribution is 2.11. The second kappa shape index (κ2) is 10.5. The van der Waals surface area contributed by atoms with Gasteiger partial charge in [-0.25, -0.2) is 0 Å². The van der Waals surface area contributed by atoms with Gasteiger partial charge in [0.15, 0.2) is 5.78 Å². The van der Waals surface area contributed by atoms with Crippen molar-refractivity contribution in [2.45, 2.75) is 51.5 Å². The van der Waals surface area contributed by atoms with Crippen LogP contribution in [0.4, 0.5) is 0 Å². The molecule has 0 aliphatic rings. The van der Waals surface area contributed by atoms with Gasteiger partial charge < -0.3 is 19.5 Å². The number of unbranched alkanes of at least 4 members (excludes halogenated alkanes) is 5. The third kappa shape index (κ3) is 9.68. The zero-order chi connectivity index (χ0) is 27.4. The Morgan fingerprint density at radius 2 is 1.95 bits per heavy atom. The summed E-state index contributed by atoms with van der Waals surface area (Å²) in [7, 11) is 0.